The fourth-order valence-electron chi connectivity index (χ4n) is 1.89. The first-order valence-electron chi connectivity index (χ1n) is 6.93. The summed E-state index contributed by atoms with van der Waals surface area (Å²) in [5.74, 6) is -0.598. The molecule has 2 aromatic carbocycles. The minimum Gasteiger partial charge on any atom is -0.435 e. The molecule has 0 saturated heterocycles. The number of carbonyl (C=O) groups excluding carboxylic acids is 2. The predicted octanol–water partition coefficient (Wildman–Crippen LogP) is 3.29. The molecule has 0 unspecified atom stereocenters. The van der Waals surface area contributed by atoms with Gasteiger partial charge in [-0.2, -0.15) is 8.78 Å². The molecule has 0 radical (unpaired) electrons. The molecule has 8 heteroatoms. The number of nitrogens with one attached hydrogen (secondary N) is 3. The van der Waals surface area contributed by atoms with E-state index in [9.17, 15) is 18.4 Å². The van der Waals surface area contributed by atoms with Crippen LogP contribution in [0.3, 0.4) is 0 Å². The van der Waals surface area contributed by atoms with Crippen molar-refractivity contribution >= 4 is 23.3 Å². The molecule has 0 fully saturated rings. The van der Waals surface area contributed by atoms with Crippen molar-refractivity contribution in [3.8, 4) is 5.75 Å². The van der Waals surface area contributed by atoms with Crippen LogP contribution in [0.5, 0.6) is 5.75 Å². The molecule has 126 valence electrons. The third-order valence-electron chi connectivity index (χ3n) is 2.93. The molecule has 6 nitrogen and oxygen atoms in total. The van der Waals surface area contributed by atoms with E-state index in [1.54, 1.807) is 24.3 Å². The average molecular weight is 335 g/mol. The zero-order valence-corrected chi connectivity index (χ0v) is 12.7. The van der Waals surface area contributed by atoms with Gasteiger partial charge in [-0.05, 0) is 36.4 Å². The molecule has 3 amide bonds. The van der Waals surface area contributed by atoms with E-state index in [-0.39, 0.29) is 11.3 Å². The highest BCUT2D eigenvalue weighted by atomic mass is 19.3. The molecule has 0 aromatic heterocycles. The summed E-state index contributed by atoms with van der Waals surface area (Å²) in [6, 6.07) is 11.6. The van der Waals surface area contributed by atoms with Gasteiger partial charge in [-0.3, -0.25) is 4.79 Å². The number of urea groups is 1. The van der Waals surface area contributed by atoms with Crippen LogP contribution in [0.1, 0.15) is 10.4 Å². The first kappa shape index (κ1) is 17.2. The number of hydrogen-bond acceptors (Lipinski definition) is 3. The minimum absolute atomic E-state index is 0.104. The van der Waals surface area contributed by atoms with E-state index in [0.29, 0.717) is 11.4 Å². The van der Waals surface area contributed by atoms with Crippen molar-refractivity contribution in [3.63, 3.8) is 0 Å². The molecule has 24 heavy (non-hydrogen) atoms. The van der Waals surface area contributed by atoms with E-state index in [1.807, 2.05) is 0 Å². The third kappa shape index (κ3) is 4.94. The summed E-state index contributed by atoms with van der Waals surface area (Å²) in [6.07, 6.45) is 0. The topological polar surface area (TPSA) is 79.5 Å². The van der Waals surface area contributed by atoms with Crippen molar-refractivity contribution in [2.45, 2.75) is 6.61 Å². The maximum atomic E-state index is 12.2. The largest absolute Gasteiger partial charge is 0.435 e. The summed E-state index contributed by atoms with van der Waals surface area (Å²) in [7, 11) is 1.48. The van der Waals surface area contributed by atoms with E-state index in [4.69, 9.17) is 0 Å². The molecule has 2 rings (SSSR count). The highest BCUT2D eigenvalue weighted by molar-refractivity contribution is 6.04. The van der Waals surface area contributed by atoms with Gasteiger partial charge in [0.2, 0.25) is 0 Å². The lowest BCUT2D eigenvalue weighted by molar-refractivity contribution is -0.0498. The van der Waals surface area contributed by atoms with E-state index < -0.39 is 18.5 Å². The van der Waals surface area contributed by atoms with E-state index in [1.165, 1.54) is 31.3 Å². The molecule has 0 aliphatic carbocycles. The quantitative estimate of drug-likeness (QED) is 0.784. The van der Waals surface area contributed by atoms with Gasteiger partial charge in [-0.1, -0.05) is 12.1 Å². The summed E-state index contributed by atoms with van der Waals surface area (Å²) in [5.41, 5.74) is 1.09. The van der Waals surface area contributed by atoms with Crippen LogP contribution in [0.4, 0.5) is 25.0 Å². The zero-order chi connectivity index (χ0) is 17.5. The molecule has 2 aromatic rings. The molecule has 0 bridgehead atoms. The van der Waals surface area contributed by atoms with Crippen molar-refractivity contribution in [3.05, 3.63) is 54.1 Å². The highest BCUT2D eigenvalue weighted by Gasteiger charge is 2.10. The van der Waals surface area contributed by atoms with Crippen LogP contribution in [0.2, 0.25) is 0 Å². The Labute approximate surface area is 136 Å². The van der Waals surface area contributed by atoms with Gasteiger partial charge in [0, 0.05) is 24.0 Å². The summed E-state index contributed by atoms with van der Waals surface area (Å²) in [5, 5.41) is 7.60. The number of rotatable bonds is 5. The summed E-state index contributed by atoms with van der Waals surface area (Å²) >= 11 is 0. The van der Waals surface area contributed by atoms with Crippen LogP contribution in [0.25, 0.3) is 0 Å². The summed E-state index contributed by atoms with van der Waals surface area (Å²) in [6.45, 7) is -2.96. The fraction of sp³-hybridized carbons (Fsp3) is 0.125. The van der Waals surface area contributed by atoms with Gasteiger partial charge < -0.3 is 20.7 Å². The number of alkyl halides is 2. The van der Waals surface area contributed by atoms with E-state index in [2.05, 4.69) is 20.7 Å². The van der Waals surface area contributed by atoms with Crippen LogP contribution in [0, 0.1) is 0 Å². The molecule has 0 spiro atoms. The summed E-state index contributed by atoms with van der Waals surface area (Å²) < 4.78 is 28.7. The van der Waals surface area contributed by atoms with Crippen LogP contribution >= 0.6 is 0 Å². The molecule has 0 aliphatic heterocycles. The Morgan fingerprint density at radius 1 is 1.00 bits per heavy atom. The van der Waals surface area contributed by atoms with Crippen molar-refractivity contribution in [2.24, 2.45) is 0 Å². The Morgan fingerprint density at radius 3 is 2.33 bits per heavy atom. The molecular formula is C16H15F2N3O3. The fourth-order valence-corrected chi connectivity index (χ4v) is 1.89. The average Bonchev–Trinajstić information content (AvgIpc) is 2.54. The first-order valence-corrected chi connectivity index (χ1v) is 6.93. The SMILES string of the molecule is CNC(=O)Nc1cccc(NC(=O)c2cccc(OC(F)F)c2)c1. The normalized spacial score (nSPS) is 10.2. The van der Waals surface area contributed by atoms with Gasteiger partial charge in [0.25, 0.3) is 5.91 Å². The van der Waals surface area contributed by atoms with Crippen molar-refractivity contribution in [1.82, 2.24) is 5.32 Å². The number of anilines is 2. The zero-order valence-electron chi connectivity index (χ0n) is 12.7. The van der Waals surface area contributed by atoms with Crippen LogP contribution < -0.4 is 20.7 Å². The number of carbonyl (C=O) groups is 2. The molecule has 0 heterocycles. The molecular weight excluding hydrogens is 320 g/mol. The van der Waals surface area contributed by atoms with Gasteiger partial charge in [0.1, 0.15) is 5.75 Å². The van der Waals surface area contributed by atoms with Gasteiger partial charge in [0.15, 0.2) is 0 Å². The second-order valence-corrected chi connectivity index (χ2v) is 4.65. The first-order chi connectivity index (χ1) is 11.5. The maximum absolute atomic E-state index is 12.2. The Balaban J connectivity index is 2.09. The highest BCUT2D eigenvalue weighted by Crippen LogP contribution is 2.19. The Hall–Kier alpha value is -3.16. The van der Waals surface area contributed by atoms with Crippen molar-refractivity contribution in [1.29, 1.82) is 0 Å². The van der Waals surface area contributed by atoms with Gasteiger partial charge in [-0.25, -0.2) is 4.79 Å². The number of halogens is 2. The lowest BCUT2D eigenvalue weighted by Crippen LogP contribution is -2.24. The van der Waals surface area contributed by atoms with Crippen LogP contribution in [-0.2, 0) is 0 Å². The number of benzene rings is 2. The number of ether oxygens (including phenoxy) is 1. The van der Waals surface area contributed by atoms with Crippen LogP contribution in [0.15, 0.2) is 48.5 Å². The standard InChI is InChI=1S/C16H15F2N3O3/c1-19-16(23)21-12-6-3-5-11(9-12)20-14(22)10-4-2-7-13(8-10)24-15(17)18/h2-9,15H,1H3,(H,20,22)(H2,19,21,23). The van der Waals surface area contributed by atoms with E-state index >= 15 is 0 Å². The second-order valence-electron chi connectivity index (χ2n) is 4.65. The Kier molecular flexibility index (Phi) is 5.67. The van der Waals surface area contributed by atoms with Crippen molar-refractivity contribution in [2.75, 3.05) is 17.7 Å². The lowest BCUT2D eigenvalue weighted by Gasteiger charge is -2.10. The van der Waals surface area contributed by atoms with E-state index in [0.717, 1.165) is 0 Å². The molecule has 0 atom stereocenters. The van der Waals surface area contributed by atoms with Gasteiger partial charge in [-0.15, -0.1) is 0 Å². The smallest absolute Gasteiger partial charge is 0.387 e. The monoisotopic (exact) mass is 335 g/mol. The number of amides is 3. The lowest BCUT2D eigenvalue weighted by atomic mass is 10.2. The second kappa shape index (κ2) is 7.91. The maximum Gasteiger partial charge on any atom is 0.387 e. The summed E-state index contributed by atoms with van der Waals surface area (Å²) in [4.78, 5) is 23.5. The Morgan fingerprint density at radius 2 is 1.67 bits per heavy atom. The van der Waals surface area contributed by atoms with Gasteiger partial charge in [0.05, 0.1) is 0 Å². The third-order valence-corrected chi connectivity index (χ3v) is 2.93. The molecule has 0 saturated carbocycles. The van der Waals surface area contributed by atoms with Crippen molar-refractivity contribution < 1.29 is 23.1 Å². The number of hydrogen-bond donors (Lipinski definition) is 3. The minimum atomic E-state index is -2.96. The predicted molar refractivity (Wildman–Crippen MR) is 85.5 cm³/mol. The van der Waals surface area contributed by atoms with Gasteiger partial charge >= 0.3 is 12.6 Å². The van der Waals surface area contributed by atoms with Crippen LogP contribution in [-0.4, -0.2) is 25.6 Å². The molecule has 3 N–H and O–H groups in total. The Bertz CT molecular complexity index is 738. The molecule has 0 aliphatic rings.